The molecule has 0 radical (unpaired) electrons. The van der Waals surface area contributed by atoms with E-state index < -0.39 is 17.9 Å². The van der Waals surface area contributed by atoms with Crippen molar-refractivity contribution in [1.29, 1.82) is 0 Å². The van der Waals surface area contributed by atoms with Gasteiger partial charge in [-0.05, 0) is 24.6 Å². The molecule has 20 heavy (non-hydrogen) atoms. The van der Waals surface area contributed by atoms with E-state index in [0.717, 1.165) is 5.56 Å². The minimum atomic E-state index is -1.09. The van der Waals surface area contributed by atoms with Crippen molar-refractivity contribution in [3.8, 4) is 5.75 Å². The fraction of sp³-hybridized carbons (Fsp3) is 0.429. The highest BCUT2D eigenvalue weighted by atomic mass is 16.5. The number of ether oxygens (including phenoxy) is 2. The number of carboxylic acid groups (broad SMARTS) is 1. The van der Waals surface area contributed by atoms with Gasteiger partial charge in [0.25, 0.3) is 0 Å². The van der Waals surface area contributed by atoms with Crippen LogP contribution in [0.5, 0.6) is 5.75 Å². The maximum Gasteiger partial charge on any atom is 0.326 e. The van der Waals surface area contributed by atoms with Crippen LogP contribution >= 0.6 is 0 Å². The van der Waals surface area contributed by atoms with Crippen LogP contribution in [0.2, 0.25) is 0 Å². The summed E-state index contributed by atoms with van der Waals surface area (Å²) < 4.78 is 10.0. The number of hydrogen-bond donors (Lipinski definition) is 2. The molecule has 0 saturated heterocycles. The first-order chi connectivity index (χ1) is 9.56. The summed E-state index contributed by atoms with van der Waals surface area (Å²) in [5, 5.41) is 11.6. The molecule has 1 atom stereocenters. The van der Waals surface area contributed by atoms with Crippen molar-refractivity contribution in [3.05, 3.63) is 29.8 Å². The summed E-state index contributed by atoms with van der Waals surface area (Å²) >= 11 is 0. The lowest BCUT2D eigenvalue weighted by molar-refractivity contribution is -0.142. The van der Waals surface area contributed by atoms with Crippen LogP contribution in [-0.4, -0.2) is 43.3 Å². The quantitative estimate of drug-likeness (QED) is 0.737. The van der Waals surface area contributed by atoms with Gasteiger partial charge in [0.1, 0.15) is 18.4 Å². The second kappa shape index (κ2) is 8.16. The zero-order valence-electron chi connectivity index (χ0n) is 11.6. The molecule has 2 N–H and O–H groups in total. The molecule has 0 bridgehead atoms. The summed E-state index contributed by atoms with van der Waals surface area (Å²) in [6.07, 6.45) is 0.185. The Labute approximate surface area is 117 Å². The largest absolute Gasteiger partial charge is 0.497 e. The molecule has 0 heterocycles. The van der Waals surface area contributed by atoms with Gasteiger partial charge in [0.05, 0.1) is 7.11 Å². The first-order valence-electron chi connectivity index (χ1n) is 6.29. The summed E-state index contributed by atoms with van der Waals surface area (Å²) in [5.74, 6) is -0.882. The second-order valence-electron chi connectivity index (χ2n) is 4.15. The van der Waals surface area contributed by atoms with Gasteiger partial charge in [0, 0.05) is 13.0 Å². The third-order valence-corrected chi connectivity index (χ3v) is 2.64. The fourth-order valence-electron chi connectivity index (χ4n) is 1.67. The Kier molecular flexibility index (Phi) is 6.52. The van der Waals surface area contributed by atoms with Crippen LogP contribution in [0.25, 0.3) is 0 Å². The van der Waals surface area contributed by atoms with Gasteiger partial charge in [0.15, 0.2) is 0 Å². The molecule has 1 aromatic carbocycles. The molecule has 0 aromatic heterocycles. The molecule has 0 aliphatic carbocycles. The van der Waals surface area contributed by atoms with Crippen LogP contribution in [0, 0.1) is 0 Å². The maximum atomic E-state index is 11.5. The molecule has 110 valence electrons. The lowest BCUT2D eigenvalue weighted by Gasteiger charge is -2.15. The van der Waals surface area contributed by atoms with Gasteiger partial charge in [-0.1, -0.05) is 12.1 Å². The highest BCUT2D eigenvalue weighted by Gasteiger charge is 2.20. The Balaban J connectivity index is 2.66. The number of carbonyl (C=O) groups is 2. The van der Waals surface area contributed by atoms with Crippen molar-refractivity contribution in [1.82, 2.24) is 5.32 Å². The van der Waals surface area contributed by atoms with E-state index in [9.17, 15) is 9.59 Å². The molecule has 1 rings (SSSR count). The van der Waals surface area contributed by atoms with Gasteiger partial charge in [0.2, 0.25) is 5.91 Å². The molecule has 0 fully saturated rings. The number of hydrogen-bond acceptors (Lipinski definition) is 4. The summed E-state index contributed by atoms with van der Waals surface area (Å²) in [4.78, 5) is 22.7. The van der Waals surface area contributed by atoms with Crippen molar-refractivity contribution < 1.29 is 24.2 Å². The smallest absolute Gasteiger partial charge is 0.326 e. The third kappa shape index (κ3) is 5.27. The molecular weight excluding hydrogens is 262 g/mol. The maximum absolute atomic E-state index is 11.5. The third-order valence-electron chi connectivity index (χ3n) is 2.64. The standard InChI is InChI=1S/C14H19NO5/c1-3-20-9-13(16)15-12(14(17)18)8-10-5-4-6-11(7-10)19-2/h4-7,12H,3,8-9H2,1-2H3,(H,15,16)(H,17,18)/t12-/m1/s1. The zero-order chi connectivity index (χ0) is 15.0. The van der Waals surface area contributed by atoms with Gasteiger partial charge in [-0.2, -0.15) is 0 Å². The number of benzene rings is 1. The number of methoxy groups -OCH3 is 1. The summed E-state index contributed by atoms with van der Waals surface area (Å²) in [6, 6.07) is 6.08. The predicted octanol–water partition coefficient (Wildman–Crippen LogP) is 0.844. The van der Waals surface area contributed by atoms with E-state index in [1.165, 1.54) is 7.11 Å². The van der Waals surface area contributed by atoms with E-state index in [1.54, 1.807) is 31.2 Å². The number of nitrogens with one attached hydrogen (secondary N) is 1. The van der Waals surface area contributed by atoms with Crippen LogP contribution in [0.15, 0.2) is 24.3 Å². The van der Waals surface area contributed by atoms with Crippen molar-refractivity contribution in [3.63, 3.8) is 0 Å². The highest BCUT2D eigenvalue weighted by molar-refractivity contribution is 5.84. The van der Waals surface area contributed by atoms with Crippen molar-refractivity contribution in [2.75, 3.05) is 20.3 Å². The van der Waals surface area contributed by atoms with Crippen LogP contribution in [0.3, 0.4) is 0 Å². The van der Waals surface area contributed by atoms with Gasteiger partial charge >= 0.3 is 5.97 Å². The van der Waals surface area contributed by atoms with E-state index in [0.29, 0.717) is 12.4 Å². The lowest BCUT2D eigenvalue weighted by Crippen LogP contribution is -2.43. The molecular formula is C14H19NO5. The Morgan fingerprint density at radius 1 is 1.40 bits per heavy atom. The molecule has 1 amide bonds. The minimum absolute atomic E-state index is 0.140. The normalized spacial score (nSPS) is 11.7. The second-order valence-corrected chi connectivity index (χ2v) is 4.15. The molecule has 0 unspecified atom stereocenters. The average molecular weight is 281 g/mol. The van der Waals surface area contributed by atoms with Crippen molar-refractivity contribution in [2.24, 2.45) is 0 Å². The van der Waals surface area contributed by atoms with Crippen LogP contribution in [-0.2, 0) is 20.7 Å². The first-order valence-corrected chi connectivity index (χ1v) is 6.29. The van der Waals surface area contributed by atoms with E-state index in [2.05, 4.69) is 5.32 Å². The molecule has 0 aliphatic rings. The van der Waals surface area contributed by atoms with Gasteiger partial charge in [-0.15, -0.1) is 0 Å². The van der Waals surface area contributed by atoms with Gasteiger partial charge < -0.3 is 19.9 Å². The Morgan fingerprint density at radius 3 is 2.75 bits per heavy atom. The van der Waals surface area contributed by atoms with Gasteiger partial charge in [-0.3, -0.25) is 4.79 Å². The molecule has 6 nitrogen and oxygen atoms in total. The molecule has 0 spiro atoms. The first kappa shape index (κ1) is 16.0. The summed E-state index contributed by atoms with van der Waals surface area (Å²) in [7, 11) is 1.54. The number of aliphatic carboxylic acids is 1. The van der Waals surface area contributed by atoms with E-state index in [1.807, 2.05) is 0 Å². The van der Waals surface area contributed by atoms with Crippen LogP contribution in [0.4, 0.5) is 0 Å². The van der Waals surface area contributed by atoms with E-state index >= 15 is 0 Å². The monoisotopic (exact) mass is 281 g/mol. The topological polar surface area (TPSA) is 84.9 Å². The van der Waals surface area contributed by atoms with Crippen molar-refractivity contribution in [2.45, 2.75) is 19.4 Å². The Hall–Kier alpha value is -2.08. The lowest BCUT2D eigenvalue weighted by atomic mass is 10.1. The minimum Gasteiger partial charge on any atom is -0.497 e. The fourth-order valence-corrected chi connectivity index (χ4v) is 1.67. The molecule has 0 saturated carbocycles. The molecule has 1 aromatic rings. The Morgan fingerprint density at radius 2 is 2.15 bits per heavy atom. The number of rotatable bonds is 8. The SMILES string of the molecule is CCOCC(=O)N[C@H](Cc1cccc(OC)c1)C(=O)O. The van der Waals surface area contributed by atoms with Gasteiger partial charge in [-0.25, -0.2) is 4.79 Å². The zero-order valence-corrected chi connectivity index (χ0v) is 11.6. The molecule has 0 aliphatic heterocycles. The summed E-state index contributed by atoms with van der Waals surface area (Å²) in [5.41, 5.74) is 0.772. The van der Waals surface area contributed by atoms with Crippen molar-refractivity contribution >= 4 is 11.9 Å². The average Bonchev–Trinajstić information content (AvgIpc) is 2.44. The summed E-state index contributed by atoms with van der Waals surface area (Å²) in [6.45, 7) is 2.03. The highest BCUT2D eigenvalue weighted by Crippen LogP contribution is 2.14. The number of carbonyl (C=O) groups excluding carboxylic acids is 1. The van der Waals surface area contributed by atoms with E-state index in [4.69, 9.17) is 14.6 Å². The van der Waals surface area contributed by atoms with E-state index in [-0.39, 0.29) is 13.0 Å². The Bertz CT molecular complexity index is 461. The number of carboxylic acids is 1. The molecule has 6 heteroatoms. The predicted molar refractivity (Wildman–Crippen MR) is 72.8 cm³/mol. The number of amides is 1. The van der Waals surface area contributed by atoms with Crippen LogP contribution in [0.1, 0.15) is 12.5 Å². The van der Waals surface area contributed by atoms with Crippen LogP contribution < -0.4 is 10.1 Å².